The lowest BCUT2D eigenvalue weighted by Crippen LogP contribution is -1.85. The molecule has 2 aromatic carbocycles. The largest absolute Gasteiger partial charge is 0.149 e. The Morgan fingerprint density at radius 1 is 0.706 bits per heavy atom. The van der Waals surface area contributed by atoms with Crippen molar-refractivity contribution < 1.29 is 0 Å². The summed E-state index contributed by atoms with van der Waals surface area (Å²) in [6.07, 6.45) is 0. The smallest absolute Gasteiger partial charge is 0.0792 e. The second-order valence-electron chi connectivity index (χ2n) is 3.49. The maximum Gasteiger partial charge on any atom is 0.149 e. The normalized spacial score (nSPS) is 9.53. The van der Waals surface area contributed by atoms with Crippen LogP contribution < -0.4 is 0 Å². The highest BCUT2D eigenvalue weighted by atomic mass is 35.5. The molecule has 0 saturated carbocycles. The Bertz CT molecular complexity index is 504. The fourth-order valence-electron chi connectivity index (χ4n) is 1.62. The van der Waals surface area contributed by atoms with Gasteiger partial charge in [-0.3, -0.25) is 0 Å². The van der Waals surface area contributed by atoms with E-state index in [0.717, 1.165) is 16.7 Å². The Morgan fingerprint density at radius 3 is 1.47 bits per heavy atom. The number of rotatable bonds is 2. The standard InChI is InChI=1S/C15H10Cl2/c16-15(17)11-14(12-7-3-1-4-8-12)13-9-5-2-6-10-13/h1-10H. The highest BCUT2D eigenvalue weighted by Gasteiger charge is 2.03. The Kier molecular flexibility index (Phi) is 4.06. The van der Waals surface area contributed by atoms with Gasteiger partial charge in [-0.1, -0.05) is 89.6 Å². The summed E-state index contributed by atoms with van der Waals surface area (Å²) in [5, 5.41) is 0. The van der Waals surface area contributed by atoms with Crippen LogP contribution in [0.15, 0.2) is 70.9 Å². The molecule has 0 amide bonds. The minimum atomic E-state index is 0.132. The lowest BCUT2D eigenvalue weighted by molar-refractivity contribution is 1.55. The molecule has 0 bridgehead atoms. The first kappa shape index (κ1) is 12.0. The molecule has 0 aliphatic carbocycles. The Labute approximate surface area is 111 Å². The van der Waals surface area contributed by atoms with Gasteiger partial charge in [0.2, 0.25) is 0 Å². The molecule has 0 heterocycles. The fraction of sp³-hybridized carbons (Fsp3) is 0. The van der Waals surface area contributed by atoms with Crippen LogP contribution in [0.25, 0.3) is 5.57 Å². The molecule has 0 aliphatic heterocycles. The molecule has 0 saturated heterocycles. The highest BCUT2D eigenvalue weighted by Crippen LogP contribution is 2.23. The second kappa shape index (κ2) is 5.75. The molecule has 84 valence electrons. The maximum atomic E-state index is 5.72. The molecule has 0 aromatic heterocycles. The Balaban J connectivity index is 2.60. The Morgan fingerprint density at radius 2 is 1.12 bits per heavy atom. The third-order valence-corrected chi connectivity index (χ3v) is 2.53. The van der Waals surface area contributed by atoms with E-state index in [1.807, 2.05) is 60.7 Å². The molecule has 2 rings (SSSR count). The van der Waals surface area contributed by atoms with E-state index in [2.05, 4.69) is 5.73 Å². The van der Waals surface area contributed by atoms with E-state index in [9.17, 15) is 0 Å². The van der Waals surface area contributed by atoms with E-state index in [1.54, 1.807) is 0 Å². The SMILES string of the molecule is ClC(Cl)=C=C(c1ccccc1)c1ccccc1. The van der Waals surface area contributed by atoms with Crippen molar-refractivity contribution in [2.45, 2.75) is 0 Å². The van der Waals surface area contributed by atoms with Gasteiger partial charge in [-0.15, -0.1) is 0 Å². The van der Waals surface area contributed by atoms with Gasteiger partial charge >= 0.3 is 0 Å². The summed E-state index contributed by atoms with van der Waals surface area (Å²) in [5.41, 5.74) is 5.95. The fourth-order valence-corrected chi connectivity index (χ4v) is 1.80. The van der Waals surface area contributed by atoms with Crippen LogP contribution in [0.3, 0.4) is 0 Å². The van der Waals surface area contributed by atoms with E-state index in [4.69, 9.17) is 23.2 Å². The van der Waals surface area contributed by atoms with Crippen molar-refractivity contribution in [3.63, 3.8) is 0 Å². The molecular formula is C15H10Cl2. The van der Waals surface area contributed by atoms with Crippen LogP contribution >= 0.6 is 23.2 Å². The quantitative estimate of drug-likeness (QED) is 0.664. The van der Waals surface area contributed by atoms with E-state index < -0.39 is 0 Å². The molecule has 0 nitrogen and oxygen atoms in total. The average molecular weight is 261 g/mol. The molecule has 0 spiro atoms. The highest BCUT2D eigenvalue weighted by molar-refractivity contribution is 6.56. The molecule has 0 unspecified atom stereocenters. The predicted molar refractivity (Wildman–Crippen MR) is 74.1 cm³/mol. The van der Waals surface area contributed by atoms with Gasteiger partial charge in [-0.05, 0) is 11.1 Å². The van der Waals surface area contributed by atoms with Crippen LogP contribution in [0.4, 0.5) is 0 Å². The third-order valence-electron chi connectivity index (χ3n) is 2.34. The summed E-state index contributed by atoms with van der Waals surface area (Å²) in [4.78, 5) is 0. The summed E-state index contributed by atoms with van der Waals surface area (Å²) in [6.45, 7) is 0. The lowest BCUT2D eigenvalue weighted by atomic mass is 9.99. The molecular weight excluding hydrogens is 251 g/mol. The van der Waals surface area contributed by atoms with Crippen molar-refractivity contribution in [2.75, 3.05) is 0 Å². The van der Waals surface area contributed by atoms with Crippen LogP contribution in [-0.2, 0) is 0 Å². The van der Waals surface area contributed by atoms with Crippen molar-refractivity contribution in [3.8, 4) is 0 Å². The average Bonchev–Trinajstić information content (AvgIpc) is 2.38. The minimum Gasteiger partial charge on any atom is -0.0792 e. The van der Waals surface area contributed by atoms with Crippen molar-refractivity contribution in [2.24, 2.45) is 0 Å². The summed E-state index contributed by atoms with van der Waals surface area (Å²) in [5.74, 6) is 0. The third kappa shape index (κ3) is 3.25. The predicted octanol–water partition coefficient (Wildman–Crippen LogP) is 5.04. The van der Waals surface area contributed by atoms with Gasteiger partial charge in [0.15, 0.2) is 0 Å². The van der Waals surface area contributed by atoms with Crippen LogP contribution in [0, 0.1) is 0 Å². The van der Waals surface area contributed by atoms with Gasteiger partial charge in [0.1, 0.15) is 4.49 Å². The van der Waals surface area contributed by atoms with Gasteiger partial charge in [0.25, 0.3) is 0 Å². The number of benzene rings is 2. The number of hydrogen-bond donors (Lipinski definition) is 0. The van der Waals surface area contributed by atoms with Crippen molar-refractivity contribution in [1.29, 1.82) is 0 Å². The molecule has 2 aromatic rings. The molecule has 2 heteroatoms. The first-order chi connectivity index (χ1) is 8.27. The first-order valence-corrected chi connectivity index (χ1v) is 5.96. The summed E-state index contributed by atoms with van der Waals surface area (Å²) in [6, 6.07) is 19.9. The monoisotopic (exact) mass is 260 g/mol. The van der Waals surface area contributed by atoms with Gasteiger partial charge in [0.05, 0.1) is 0 Å². The zero-order chi connectivity index (χ0) is 12.1. The number of hydrogen-bond acceptors (Lipinski definition) is 0. The van der Waals surface area contributed by atoms with E-state index >= 15 is 0 Å². The van der Waals surface area contributed by atoms with Gasteiger partial charge in [-0.2, -0.15) is 0 Å². The van der Waals surface area contributed by atoms with Gasteiger partial charge in [-0.25, -0.2) is 0 Å². The van der Waals surface area contributed by atoms with Crippen molar-refractivity contribution >= 4 is 28.8 Å². The zero-order valence-electron chi connectivity index (χ0n) is 9.03. The van der Waals surface area contributed by atoms with E-state index in [1.165, 1.54) is 0 Å². The van der Waals surface area contributed by atoms with Crippen molar-refractivity contribution in [3.05, 3.63) is 82.0 Å². The van der Waals surface area contributed by atoms with Gasteiger partial charge in [0, 0.05) is 5.57 Å². The van der Waals surface area contributed by atoms with Crippen LogP contribution in [0.5, 0.6) is 0 Å². The maximum absolute atomic E-state index is 5.72. The number of halogens is 2. The molecule has 0 aliphatic rings. The topological polar surface area (TPSA) is 0 Å². The van der Waals surface area contributed by atoms with Crippen LogP contribution in [0.1, 0.15) is 11.1 Å². The van der Waals surface area contributed by atoms with Crippen LogP contribution in [0.2, 0.25) is 0 Å². The molecule has 0 atom stereocenters. The summed E-state index contributed by atoms with van der Waals surface area (Å²) in [7, 11) is 0. The Hall–Kier alpha value is -1.46. The molecule has 0 fully saturated rings. The van der Waals surface area contributed by atoms with Gasteiger partial charge < -0.3 is 0 Å². The summed E-state index contributed by atoms with van der Waals surface area (Å²) >= 11 is 11.4. The summed E-state index contributed by atoms with van der Waals surface area (Å²) < 4.78 is 0.132. The van der Waals surface area contributed by atoms with Crippen molar-refractivity contribution in [1.82, 2.24) is 0 Å². The van der Waals surface area contributed by atoms with E-state index in [0.29, 0.717) is 0 Å². The first-order valence-electron chi connectivity index (χ1n) is 5.20. The zero-order valence-corrected chi connectivity index (χ0v) is 10.5. The molecule has 0 radical (unpaired) electrons. The van der Waals surface area contributed by atoms with E-state index in [-0.39, 0.29) is 4.49 Å². The van der Waals surface area contributed by atoms with Crippen LogP contribution in [-0.4, -0.2) is 0 Å². The molecule has 17 heavy (non-hydrogen) atoms. The molecule has 0 N–H and O–H groups in total. The lowest BCUT2D eigenvalue weighted by Gasteiger charge is -2.05. The minimum absolute atomic E-state index is 0.132. The second-order valence-corrected chi connectivity index (χ2v) is 4.44.